The van der Waals surface area contributed by atoms with E-state index in [9.17, 15) is 19.6 Å². The third-order valence-electron chi connectivity index (χ3n) is 5.15. The number of aromatic nitrogens is 1. The number of nitrogens with zero attached hydrogens (tertiary/aromatic N) is 2. The molecule has 0 spiro atoms. The molecule has 3 N–H and O–H groups in total. The molecule has 176 valence electrons. The summed E-state index contributed by atoms with van der Waals surface area (Å²) < 4.78 is 12.1. The highest BCUT2D eigenvalue weighted by atomic mass is 16.5. The van der Waals surface area contributed by atoms with E-state index in [-0.39, 0.29) is 0 Å². The molecule has 0 atom stereocenters. The van der Waals surface area contributed by atoms with Gasteiger partial charge in [-0.15, -0.1) is 0 Å². The molecule has 0 saturated heterocycles. The van der Waals surface area contributed by atoms with Gasteiger partial charge in [0.05, 0.1) is 18.4 Å². The van der Waals surface area contributed by atoms with Crippen LogP contribution in [-0.2, 0) is 27.4 Å². The Labute approximate surface area is 196 Å². The third kappa shape index (κ3) is 6.26. The molecule has 3 amide bonds. The van der Waals surface area contributed by atoms with E-state index in [0.29, 0.717) is 30.2 Å². The zero-order valence-corrected chi connectivity index (χ0v) is 18.9. The van der Waals surface area contributed by atoms with Crippen molar-refractivity contribution < 1.29 is 23.5 Å². The fraction of sp³-hybridized carbons (Fsp3) is 0.250. The minimum Gasteiger partial charge on any atom is -0.467 e. The largest absolute Gasteiger partial charge is 0.467 e. The van der Waals surface area contributed by atoms with E-state index in [0.717, 1.165) is 16.8 Å². The van der Waals surface area contributed by atoms with Gasteiger partial charge in [-0.1, -0.05) is 30.3 Å². The number of nitrogens with one attached hydrogen (secondary N) is 3. The van der Waals surface area contributed by atoms with Gasteiger partial charge >= 0.3 is 12.0 Å². The Balaban J connectivity index is 1.50. The Morgan fingerprint density at radius 3 is 2.53 bits per heavy atom. The Hall–Kier alpha value is -4.52. The average molecular weight is 463 g/mol. The van der Waals surface area contributed by atoms with Gasteiger partial charge in [0.2, 0.25) is 0 Å². The molecule has 0 aliphatic carbocycles. The smallest absolute Gasteiger partial charge is 0.325 e. The lowest BCUT2D eigenvalue weighted by Crippen LogP contribution is -2.39. The van der Waals surface area contributed by atoms with Gasteiger partial charge in [0, 0.05) is 12.2 Å². The zero-order chi connectivity index (χ0) is 24.5. The van der Waals surface area contributed by atoms with E-state index in [1.165, 1.54) is 0 Å². The normalized spacial score (nSPS) is 10.3. The van der Waals surface area contributed by atoms with Crippen molar-refractivity contribution in [1.29, 1.82) is 5.26 Å². The number of urea groups is 1. The highest BCUT2D eigenvalue weighted by molar-refractivity contribution is 5.94. The van der Waals surface area contributed by atoms with Crippen LogP contribution in [0.25, 0.3) is 0 Å². The van der Waals surface area contributed by atoms with E-state index in [1.54, 1.807) is 29.9 Å². The van der Waals surface area contributed by atoms with Crippen LogP contribution in [-0.4, -0.2) is 35.6 Å². The minimum atomic E-state index is -0.774. The van der Waals surface area contributed by atoms with Crippen LogP contribution in [0.15, 0.2) is 53.1 Å². The first-order valence-electron chi connectivity index (χ1n) is 10.5. The molecule has 10 heteroatoms. The minimum absolute atomic E-state index is 0.299. The maximum absolute atomic E-state index is 12.4. The number of amides is 3. The van der Waals surface area contributed by atoms with Crippen molar-refractivity contribution in [3.63, 3.8) is 0 Å². The van der Waals surface area contributed by atoms with Crippen molar-refractivity contribution >= 4 is 23.7 Å². The van der Waals surface area contributed by atoms with Crippen LogP contribution in [0.2, 0.25) is 0 Å². The second-order valence-electron chi connectivity index (χ2n) is 7.44. The van der Waals surface area contributed by atoms with E-state index in [2.05, 4.69) is 22.0 Å². The summed E-state index contributed by atoms with van der Waals surface area (Å²) in [4.78, 5) is 36.2. The number of hydrogen-bond donors (Lipinski definition) is 3. The number of rotatable bonds is 9. The number of anilines is 1. The summed E-state index contributed by atoms with van der Waals surface area (Å²) >= 11 is 0. The molecule has 0 fully saturated rings. The molecular formula is C24H25N5O5. The number of benzene rings is 1. The summed E-state index contributed by atoms with van der Waals surface area (Å²) in [6, 6.07) is 14.4. The number of carbonyl (C=O) groups excluding carboxylic acids is 3. The quantitative estimate of drug-likeness (QED) is 0.417. The lowest BCUT2D eigenvalue weighted by atomic mass is 10.2. The fourth-order valence-corrected chi connectivity index (χ4v) is 3.24. The molecule has 3 rings (SSSR count). The van der Waals surface area contributed by atoms with Crippen molar-refractivity contribution in [3.8, 4) is 6.07 Å². The first-order valence-corrected chi connectivity index (χ1v) is 10.5. The summed E-state index contributed by atoms with van der Waals surface area (Å²) in [5.41, 5.74) is 2.76. The molecule has 0 bridgehead atoms. The van der Waals surface area contributed by atoms with Crippen LogP contribution in [0.4, 0.5) is 10.6 Å². The van der Waals surface area contributed by atoms with Crippen LogP contribution in [0, 0.1) is 25.2 Å². The molecule has 0 aliphatic heterocycles. The predicted molar refractivity (Wildman–Crippen MR) is 123 cm³/mol. The average Bonchev–Trinajstić information content (AvgIpc) is 3.43. The van der Waals surface area contributed by atoms with Crippen LogP contribution in [0.3, 0.4) is 0 Å². The molecule has 3 aromatic rings. The summed E-state index contributed by atoms with van der Waals surface area (Å²) in [5, 5.41) is 17.2. The molecule has 1 aromatic carbocycles. The van der Waals surface area contributed by atoms with Crippen molar-refractivity contribution in [2.24, 2.45) is 0 Å². The molecule has 2 aromatic heterocycles. The first-order chi connectivity index (χ1) is 16.4. The Kier molecular flexibility index (Phi) is 8.07. The fourth-order valence-electron chi connectivity index (χ4n) is 3.24. The number of furan rings is 1. The van der Waals surface area contributed by atoms with Crippen molar-refractivity contribution in [1.82, 2.24) is 15.2 Å². The highest BCUT2D eigenvalue weighted by Crippen LogP contribution is 2.27. The summed E-state index contributed by atoms with van der Waals surface area (Å²) in [5.74, 6) is -0.435. The van der Waals surface area contributed by atoms with Gasteiger partial charge in [-0.25, -0.2) is 4.79 Å². The Morgan fingerprint density at radius 1 is 1.09 bits per heavy atom. The van der Waals surface area contributed by atoms with Gasteiger partial charge in [-0.3, -0.25) is 9.59 Å². The van der Waals surface area contributed by atoms with Crippen molar-refractivity contribution in [2.75, 3.05) is 18.5 Å². The third-order valence-corrected chi connectivity index (χ3v) is 5.15. The van der Waals surface area contributed by atoms with Crippen LogP contribution < -0.4 is 16.0 Å². The standard InChI is InChI=1S/C24H25N5O5/c1-16-17(2)29(14-19-9-6-10-33-19)23(20(16)11-25)28-21(30)15-34-22(31)13-27-24(32)26-12-18-7-4-3-5-8-18/h3-10H,12-15H2,1-2H3,(H,28,30)(H2,26,27,32). The van der Waals surface area contributed by atoms with Crippen LogP contribution in [0.1, 0.15) is 28.1 Å². The van der Waals surface area contributed by atoms with Crippen molar-refractivity contribution in [2.45, 2.75) is 26.9 Å². The van der Waals surface area contributed by atoms with E-state index in [4.69, 9.17) is 9.15 Å². The molecule has 0 saturated carbocycles. The summed E-state index contributed by atoms with van der Waals surface area (Å²) in [7, 11) is 0. The maximum atomic E-state index is 12.4. The van der Waals surface area contributed by atoms with Gasteiger partial charge in [-0.05, 0) is 37.1 Å². The number of carbonyl (C=O) groups is 3. The lowest BCUT2D eigenvalue weighted by molar-refractivity contribution is -0.146. The van der Waals surface area contributed by atoms with Gasteiger partial charge in [-0.2, -0.15) is 5.26 Å². The van der Waals surface area contributed by atoms with Crippen LogP contribution >= 0.6 is 0 Å². The van der Waals surface area contributed by atoms with Gasteiger partial charge in [0.15, 0.2) is 6.61 Å². The molecule has 10 nitrogen and oxygen atoms in total. The van der Waals surface area contributed by atoms with E-state index < -0.39 is 31.1 Å². The second kappa shape index (κ2) is 11.4. The van der Waals surface area contributed by atoms with Gasteiger partial charge in [0.1, 0.15) is 24.2 Å². The van der Waals surface area contributed by atoms with Gasteiger partial charge in [0.25, 0.3) is 5.91 Å². The van der Waals surface area contributed by atoms with Gasteiger partial charge < -0.3 is 29.7 Å². The number of nitriles is 1. The SMILES string of the molecule is Cc1c(C#N)c(NC(=O)COC(=O)CNC(=O)NCc2ccccc2)n(Cc2ccco2)c1C. The zero-order valence-electron chi connectivity index (χ0n) is 18.9. The summed E-state index contributed by atoms with van der Waals surface area (Å²) in [6.07, 6.45) is 1.54. The number of esters is 1. The molecule has 2 heterocycles. The lowest BCUT2D eigenvalue weighted by Gasteiger charge is -2.12. The van der Waals surface area contributed by atoms with Crippen molar-refractivity contribution in [3.05, 3.63) is 76.9 Å². The molecule has 34 heavy (non-hydrogen) atoms. The first kappa shape index (κ1) is 24.1. The molecular weight excluding hydrogens is 438 g/mol. The summed E-state index contributed by atoms with van der Waals surface area (Å²) in [6.45, 7) is 3.28. The topological polar surface area (TPSA) is 138 Å². The molecule has 0 radical (unpaired) electrons. The van der Waals surface area contributed by atoms with E-state index >= 15 is 0 Å². The number of ether oxygens (including phenoxy) is 1. The molecule has 0 aliphatic rings. The maximum Gasteiger partial charge on any atom is 0.325 e. The van der Waals surface area contributed by atoms with E-state index in [1.807, 2.05) is 37.3 Å². The Bertz CT molecular complexity index is 1190. The predicted octanol–water partition coefficient (Wildman–Crippen LogP) is 2.60. The van der Waals surface area contributed by atoms with Crippen LogP contribution in [0.5, 0.6) is 0 Å². The Morgan fingerprint density at radius 2 is 1.85 bits per heavy atom. The second-order valence-corrected chi connectivity index (χ2v) is 7.44. The monoisotopic (exact) mass is 463 g/mol. The molecule has 0 unspecified atom stereocenters. The highest BCUT2D eigenvalue weighted by Gasteiger charge is 2.21. The number of hydrogen-bond acceptors (Lipinski definition) is 6.